The standard InChI is InChI=1S/C15H13FN2O3/c1-8-4-10(6-11(16)5-8)14(19)18-13-3-2-9(15(20)21)7-12(13)17/h2-7H,17H2,1H3,(H,18,19)(H,20,21). The van der Waals surface area contributed by atoms with Crippen LogP contribution in [0.4, 0.5) is 15.8 Å². The van der Waals surface area contributed by atoms with Gasteiger partial charge in [0.15, 0.2) is 0 Å². The molecule has 21 heavy (non-hydrogen) atoms. The van der Waals surface area contributed by atoms with Crippen molar-refractivity contribution in [2.75, 3.05) is 11.1 Å². The maximum absolute atomic E-state index is 13.3. The van der Waals surface area contributed by atoms with Crippen molar-refractivity contribution in [2.24, 2.45) is 0 Å². The molecule has 0 aromatic heterocycles. The number of aromatic carboxylic acids is 1. The average Bonchev–Trinajstić information content (AvgIpc) is 2.39. The number of carbonyl (C=O) groups is 2. The summed E-state index contributed by atoms with van der Waals surface area (Å²) in [4.78, 5) is 22.8. The van der Waals surface area contributed by atoms with Crippen LogP contribution in [-0.4, -0.2) is 17.0 Å². The molecule has 2 rings (SSSR count). The van der Waals surface area contributed by atoms with Gasteiger partial charge < -0.3 is 16.2 Å². The van der Waals surface area contributed by atoms with E-state index in [-0.39, 0.29) is 22.5 Å². The van der Waals surface area contributed by atoms with Gasteiger partial charge in [0.25, 0.3) is 5.91 Å². The first-order valence-electron chi connectivity index (χ1n) is 6.08. The van der Waals surface area contributed by atoms with Gasteiger partial charge >= 0.3 is 5.97 Å². The van der Waals surface area contributed by atoms with Gasteiger partial charge in [-0.25, -0.2) is 9.18 Å². The highest BCUT2D eigenvalue weighted by Crippen LogP contribution is 2.21. The van der Waals surface area contributed by atoms with Gasteiger partial charge in [-0.1, -0.05) is 0 Å². The second-order valence-electron chi connectivity index (χ2n) is 4.58. The van der Waals surface area contributed by atoms with Crippen molar-refractivity contribution in [1.29, 1.82) is 0 Å². The van der Waals surface area contributed by atoms with E-state index >= 15 is 0 Å². The Morgan fingerprint density at radius 1 is 1.14 bits per heavy atom. The number of nitrogen functional groups attached to an aromatic ring is 1. The number of hydrogen-bond acceptors (Lipinski definition) is 3. The highest BCUT2D eigenvalue weighted by atomic mass is 19.1. The molecule has 2 aromatic rings. The van der Waals surface area contributed by atoms with E-state index < -0.39 is 17.7 Å². The maximum atomic E-state index is 13.3. The van der Waals surface area contributed by atoms with Crippen molar-refractivity contribution in [3.05, 3.63) is 58.9 Å². The zero-order valence-electron chi connectivity index (χ0n) is 11.2. The predicted molar refractivity (Wildman–Crippen MR) is 76.9 cm³/mol. The maximum Gasteiger partial charge on any atom is 0.335 e. The summed E-state index contributed by atoms with van der Waals surface area (Å²) in [7, 11) is 0. The summed E-state index contributed by atoms with van der Waals surface area (Å²) in [5.74, 6) is -2.14. The number of nitrogens with two attached hydrogens (primary N) is 1. The second-order valence-corrected chi connectivity index (χ2v) is 4.58. The Balaban J connectivity index is 2.25. The summed E-state index contributed by atoms with van der Waals surface area (Å²) >= 11 is 0. The fraction of sp³-hybridized carbons (Fsp3) is 0.0667. The Morgan fingerprint density at radius 3 is 2.43 bits per heavy atom. The molecule has 0 bridgehead atoms. The number of rotatable bonds is 3. The molecule has 108 valence electrons. The topological polar surface area (TPSA) is 92.4 Å². The van der Waals surface area contributed by atoms with Crippen molar-refractivity contribution in [3.63, 3.8) is 0 Å². The summed E-state index contributed by atoms with van der Waals surface area (Å²) in [6.45, 7) is 1.68. The van der Waals surface area contributed by atoms with Crippen LogP contribution >= 0.6 is 0 Å². The molecule has 0 radical (unpaired) electrons. The molecule has 0 heterocycles. The van der Waals surface area contributed by atoms with Gasteiger partial charge in [0, 0.05) is 5.56 Å². The molecule has 0 fully saturated rings. The normalized spacial score (nSPS) is 10.2. The first kappa shape index (κ1) is 14.5. The molecular formula is C15H13FN2O3. The third-order valence-electron chi connectivity index (χ3n) is 2.85. The smallest absolute Gasteiger partial charge is 0.335 e. The van der Waals surface area contributed by atoms with E-state index in [0.717, 1.165) is 6.07 Å². The number of aryl methyl sites for hydroxylation is 1. The number of benzene rings is 2. The molecule has 5 nitrogen and oxygen atoms in total. The van der Waals surface area contributed by atoms with Crippen molar-refractivity contribution in [3.8, 4) is 0 Å². The molecular weight excluding hydrogens is 275 g/mol. The van der Waals surface area contributed by atoms with Crippen LogP contribution in [0.15, 0.2) is 36.4 Å². The largest absolute Gasteiger partial charge is 0.478 e. The quantitative estimate of drug-likeness (QED) is 0.757. The Bertz CT molecular complexity index is 709. The number of carboxylic acids is 1. The predicted octanol–water partition coefficient (Wildman–Crippen LogP) is 2.67. The van der Waals surface area contributed by atoms with E-state index in [1.54, 1.807) is 13.0 Å². The van der Waals surface area contributed by atoms with Crippen LogP contribution in [0.1, 0.15) is 26.3 Å². The molecule has 0 aliphatic rings. The number of nitrogens with one attached hydrogen (secondary N) is 1. The highest BCUT2D eigenvalue weighted by Gasteiger charge is 2.11. The Hall–Kier alpha value is -2.89. The second kappa shape index (κ2) is 5.62. The number of carbonyl (C=O) groups excluding carboxylic acids is 1. The molecule has 0 spiro atoms. The zero-order chi connectivity index (χ0) is 15.6. The van der Waals surface area contributed by atoms with E-state index in [4.69, 9.17) is 10.8 Å². The number of halogens is 1. The summed E-state index contributed by atoms with van der Waals surface area (Å²) < 4.78 is 13.3. The van der Waals surface area contributed by atoms with E-state index in [0.29, 0.717) is 5.56 Å². The van der Waals surface area contributed by atoms with Crippen LogP contribution in [0, 0.1) is 12.7 Å². The lowest BCUT2D eigenvalue weighted by Crippen LogP contribution is -2.14. The molecule has 6 heteroatoms. The molecule has 2 aromatic carbocycles. The van der Waals surface area contributed by atoms with Crippen LogP contribution in [0.25, 0.3) is 0 Å². The molecule has 0 saturated heterocycles. The van der Waals surface area contributed by atoms with Crippen molar-refractivity contribution >= 4 is 23.3 Å². The van der Waals surface area contributed by atoms with E-state index in [2.05, 4.69) is 5.32 Å². The van der Waals surface area contributed by atoms with Crippen LogP contribution < -0.4 is 11.1 Å². The van der Waals surface area contributed by atoms with Crippen molar-refractivity contribution < 1.29 is 19.1 Å². The van der Waals surface area contributed by atoms with Gasteiger partial charge in [0.2, 0.25) is 0 Å². The van der Waals surface area contributed by atoms with E-state index in [1.165, 1.54) is 24.3 Å². The van der Waals surface area contributed by atoms with Crippen LogP contribution in [0.5, 0.6) is 0 Å². The fourth-order valence-corrected chi connectivity index (χ4v) is 1.87. The third kappa shape index (κ3) is 3.36. The number of anilines is 2. The lowest BCUT2D eigenvalue weighted by molar-refractivity contribution is 0.0697. The van der Waals surface area contributed by atoms with E-state index in [1.807, 2.05) is 0 Å². The minimum Gasteiger partial charge on any atom is -0.478 e. The first-order chi connectivity index (χ1) is 9.86. The monoisotopic (exact) mass is 288 g/mol. The van der Waals surface area contributed by atoms with Gasteiger partial charge in [-0.15, -0.1) is 0 Å². The van der Waals surface area contributed by atoms with Gasteiger partial charge in [-0.3, -0.25) is 4.79 Å². The molecule has 0 aliphatic carbocycles. The van der Waals surface area contributed by atoms with Gasteiger partial charge in [0.1, 0.15) is 5.82 Å². The molecule has 0 unspecified atom stereocenters. The number of amides is 1. The lowest BCUT2D eigenvalue weighted by Gasteiger charge is -2.09. The fourth-order valence-electron chi connectivity index (χ4n) is 1.87. The third-order valence-corrected chi connectivity index (χ3v) is 2.85. The van der Waals surface area contributed by atoms with Crippen molar-refractivity contribution in [2.45, 2.75) is 6.92 Å². The van der Waals surface area contributed by atoms with Crippen LogP contribution in [0.3, 0.4) is 0 Å². The zero-order valence-corrected chi connectivity index (χ0v) is 11.2. The van der Waals surface area contributed by atoms with Crippen molar-refractivity contribution in [1.82, 2.24) is 0 Å². The summed E-state index contributed by atoms with van der Waals surface area (Å²) in [6, 6.07) is 7.93. The highest BCUT2D eigenvalue weighted by molar-refractivity contribution is 6.06. The lowest BCUT2D eigenvalue weighted by atomic mass is 10.1. The molecule has 1 amide bonds. The Kier molecular flexibility index (Phi) is 3.89. The Morgan fingerprint density at radius 2 is 1.86 bits per heavy atom. The summed E-state index contributed by atoms with van der Waals surface area (Å²) in [6.07, 6.45) is 0. The summed E-state index contributed by atoms with van der Waals surface area (Å²) in [5, 5.41) is 11.4. The molecule has 0 atom stereocenters. The minimum absolute atomic E-state index is 0.0205. The molecule has 0 aliphatic heterocycles. The Labute approximate surface area is 120 Å². The SMILES string of the molecule is Cc1cc(F)cc(C(=O)Nc2ccc(C(=O)O)cc2N)c1. The number of carboxylic acid groups (broad SMARTS) is 1. The van der Waals surface area contributed by atoms with Crippen LogP contribution in [-0.2, 0) is 0 Å². The van der Waals surface area contributed by atoms with Crippen LogP contribution in [0.2, 0.25) is 0 Å². The molecule has 0 saturated carbocycles. The van der Waals surface area contributed by atoms with Gasteiger partial charge in [-0.2, -0.15) is 0 Å². The average molecular weight is 288 g/mol. The van der Waals surface area contributed by atoms with Gasteiger partial charge in [-0.05, 0) is 48.9 Å². The first-order valence-corrected chi connectivity index (χ1v) is 6.08. The molecule has 4 N–H and O–H groups in total. The number of hydrogen-bond donors (Lipinski definition) is 3. The van der Waals surface area contributed by atoms with Gasteiger partial charge in [0.05, 0.1) is 16.9 Å². The van der Waals surface area contributed by atoms with E-state index in [9.17, 15) is 14.0 Å². The summed E-state index contributed by atoms with van der Waals surface area (Å²) in [5.41, 5.74) is 6.89. The minimum atomic E-state index is -1.11.